The summed E-state index contributed by atoms with van der Waals surface area (Å²) in [6, 6.07) is 18.1. The predicted molar refractivity (Wildman–Crippen MR) is 88.8 cm³/mol. The first-order chi connectivity index (χ1) is 11.3. The van der Waals surface area contributed by atoms with Gasteiger partial charge in [-0.25, -0.2) is 9.97 Å². The van der Waals surface area contributed by atoms with Crippen molar-refractivity contribution < 1.29 is 4.74 Å². The van der Waals surface area contributed by atoms with E-state index >= 15 is 0 Å². The van der Waals surface area contributed by atoms with Gasteiger partial charge in [-0.1, -0.05) is 36.4 Å². The lowest BCUT2D eigenvalue weighted by Gasteiger charge is -2.06. The first-order valence-corrected chi connectivity index (χ1v) is 7.36. The lowest BCUT2D eigenvalue weighted by atomic mass is 10.0. The fourth-order valence-corrected chi connectivity index (χ4v) is 2.30. The average molecular weight is 301 g/mol. The van der Waals surface area contributed by atoms with E-state index in [0.29, 0.717) is 6.61 Å². The second kappa shape index (κ2) is 6.71. The van der Waals surface area contributed by atoms with Crippen molar-refractivity contribution in [2.24, 2.45) is 0 Å². The Balaban J connectivity index is 1.82. The van der Waals surface area contributed by atoms with Crippen LogP contribution in [0, 0.1) is 11.3 Å². The quantitative estimate of drug-likeness (QED) is 0.728. The van der Waals surface area contributed by atoms with Crippen LogP contribution in [0.15, 0.2) is 60.9 Å². The van der Waals surface area contributed by atoms with E-state index in [0.717, 1.165) is 28.0 Å². The molecule has 2 aromatic carbocycles. The number of hydrogen-bond acceptors (Lipinski definition) is 4. The van der Waals surface area contributed by atoms with Gasteiger partial charge in [-0.05, 0) is 35.7 Å². The Morgan fingerprint density at radius 1 is 0.826 bits per heavy atom. The SMILES string of the molecule is CCOc1ccc(-c2ccc(-c3cnc(C#N)nc3)cc2)cc1. The molecule has 0 aliphatic rings. The van der Waals surface area contributed by atoms with Gasteiger partial charge in [0.05, 0.1) is 6.61 Å². The number of nitriles is 1. The van der Waals surface area contributed by atoms with E-state index in [-0.39, 0.29) is 5.82 Å². The summed E-state index contributed by atoms with van der Waals surface area (Å²) in [6.45, 7) is 2.64. The molecule has 4 nitrogen and oxygen atoms in total. The largest absolute Gasteiger partial charge is 0.494 e. The van der Waals surface area contributed by atoms with Crippen LogP contribution in [-0.4, -0.2) is 16.6 Å². The monoisotopic (exact) mass is 301 g/mol. The third-order valence-corrected chi connectivity index (χ3v) is 3.47. The molecule has 0 amide bonds. The van der Waals surface area contributed by atoms with Crippen molar-refractivity contribution >= 4 is 0 Å². The second-order valence-electron chi connectivity index (χ2n) is 4.94. The van der Waals surface area contributed by atoms with Gasteiger partial charge in [0.1, 0.15) is 11.8 Å². The zero-order chi connectivity index (χ0) is 16.1. The standard InChI is InChI=1S/C19H15N3O/c1-2-23-18-9-7-15(8-10-18)14-3-5-16(6-4-14)17-12-21-19(11-20)22-13-17/h3-10,12-13H,2H2,1H3. The highest BCUT2D eigenvalue weighted by atomic mass is 16.5. The molecule has 0 saturated carbocycles. The fraction of sp³-hybridized carbons (Fsp3) is 0.105. The van der Waals surface area contributed by atoms with Crippen LogP contribution in [0.5, 0.6) is 5.75 Å². The maximum absolute atomic E-state index is 8.73. The highest BCUT2D eigenvalue weighted by Gasteiger charge is 2.02. The number of nitrogens with zero attached hydrogens (tertiary/aromatic N) is 3. The van der Waals surface area contributed by atoms with Crippen LogP contribution < -0.4 is 4.74 Å². The number of aromatic nitrogens is 2. The van der Waals surface area contributed by atoms with Gasteiger partial charge < -0.3 is 4.74 Å². The van der Waals surface area contributed by atoms with Gasteiger partial charge in [-0.3, -0.25) is 0 Å². The van der Waals surface area contributed by atoms with Crippen LogP contribution in [0.4, 0.5) is 0 Å². The number of rotatable bonds is 4. The molecule has 0 atom stereocenters. The Kier molecular flexibility index (Phi) is 4.30. The first-order valence-electron chi connectivity index (χ1n) is 7.36. The summed E-state index contributed by atoms with van der Waals surface area (Å²) in [5, 5.41) is 8.73. The Morgan fingerprint density at radius 3 is 1.78 bits per heavy atom. The molecule has 0 saturated heterocycles. The molecule has 0 bridgehead atoms. The Bertz CT molecular complexity index is 816. The van der Waals surface area contributed by atoms with Crippen molar-refractivity contribution in [1.29, 1.82) is 5.26 Å². The minimum atomic E-state index is 0.180. The van der Waals surface area contributed by atoms with E-state index in [1.165, 1.54) is 0 Å². The third kappa shape index (κ3) is 3.35. The molecule has 0 N–H and O–H groups in total. The lowest BCUT2D eigenvalue weighted by molar-refractivity contribution is 0.340. The molecule has 23 heavy (non-hydrogen) atoms. The maximum Gasteiger partial charge on any atom is 0.232 e. The molecule has 4 heteroatoms. The van der Waals surface area contributed by atoms with Gasteiger partial charge in [0.25, 0.3) is 0 Å². The van der Waals surface area contributed by atoms with Crippen molar-refractivity contribution in [3.8, 4) is 34.1 Å². The van der Waals surface area contributed by atoms with Crippen molar-refractivity contribution in [3.63, 3.8) is 0 Å². The minimum absolute atomic E-state index is 0.180. The van der Waals surface area contributed by atoms with Crippen LogP contribution in [0.25, 0.3) is 22.3 Å². The smallest absolute Gasteiger partial charge is 0.232 e. The van der Waals surface area contributed by atoms with E-state index in [2.05, 4.69) is 22.1 Å². The molecule has 0 aliphatic heterocycles. The summed E-state index contributed by atoms with van der Waals surface area (Å²) in [7, 11) is 0. The normalized spacial score (nSPS) is 10.1. The molecule has 0 radical (unpaired) electrons. The number of ether oxygens (including phenoxy) is 1. The van der Waals surface area contributed by atoms with Crippen molar-refractivity contribution in [1.82, 2.24) is 9.97 Å². The van der Waals surface area contributed by atoms with Crippen molar-refractivity contribution in [2.45, 2.75) is 6.92 Å². The molecular weight excluding hydrogens is 286 g/mol. The van der Waals surface area contributed by atoms with Gasteiger partial charge in [-0.15, -0.1) is 0 Å². The molecular formula is C19H15N3O. The van der Waals surface area contributed by atoms with E-state index < -0.39 is 0 Å². The van der Waals surface area contributed by atoms with Gasteiger partial charge in [-0.2, -0.15) is 5.26 Å². The topological polar surface area (TPSA) is 58.8 Å². The summed E-state index contributed by atoms with van der Waals surface area (Å²) in [5.41, 5.74) is 4.17. The third-order valence-electron chi connectivity index (χ3n) is 3.47. The van der Waals surface area contributed by atoms with Crippen LogP contribution in [0.1, 0.15) is 12.7 Å². The highest BCUT2D eigenvalue weighted by molar-refractivity contribution is 5.70. The summed E-state index contributed by atoms with van der Waals surface area (Å²) < 4.78 is 5.46. The van der Waals surface area contributed by atoms with Gasteiger partial charge >= 0.3 is 0 Å². The van der Waals surface area contributed by atoms with E-state index in [1.54, 1.807) is 12.4 Å². The number of hydrogen-bond donors (Lipinski definition) is 0. The predicted octanol–water partition coefficient (Wildman–Crippen LogP) is 4.08. The minimum Gasteiger partial charge on any atom is -0.494 e. The zero-order valence-corrected chi connectivity index (χ0v) is 12.7. The molecule has 0 aliphatic carbocycles. The average Bonchev–Trinajstić information content (AvgIpc) is 2.63. The van der Waals surface area contributed by atoms with Crippen molar-refractivity contribution in [2.75, 3.05) is 6.61 Å². The van der Waals surface area contributed by atoms with E-state index in [1.807, 2.05) is 49.4 Å². The molecule has 112 valence electrons. The molecule has 1 heterocycles. The van der Waals surface area contributed by atoms with E-state index in [9.17, 15) is 0 Å². The molecule has 0 spiro atoms. The number of benzene rings is 2. The second-order valence-corrected chi connectivity index (χ2v) is 4.94. The van der Waals surface area contributed by atoms with Crippen LogP contribution in [-0.2, 0) is 0 Å². The van der Waals surface area contributed by atoms with Crippen LogP contribution in [0.2, 0.25) is 0 Å². The lowest BCUT2D eigenvalue weighted by Crippen LogP contribution is -1.90. The zero-order valence-electron chi connectivity index (χ0n) is 12.7. The molecule has 1 aromatic heterocycles. The Morgan fingerprint density at radius 2 is 1.30 bits per heavy atom. The Labute approximate surface area is 135 Å². The van der Waals surface area contributed by atoms with E-state index in [4.69, 9.17) is 10.00 Å². The summed E-state index contributed by atoms with van der Waals surface area (Å²) in [5.74, 6) is 1.06. The fourth-order valence-electron chi connectivity index (χ4n) is 2.30. The summed E-state index contributed by atoms with van der Waals surface area (Å²) in [4.78, 5) is 7.99. The molecule has 0 unspecified atom stereocenters. The summed E-state index contributed by atoms with van der Waals surface area (Å²) in [6.07, 6.45) is 3.33. The highest BCUT2D eigenvalue weighted by Crippen LogP contribution is 2.25. The summed E-state index contributed by atoms with van der Waals surface area (Å²) >= 11 is 0. The molecule has 0 fully saturated rings. The first kappa shape index (κ1) is 14.7. The maximum atomic E-state index is 8.73. The van der Waals surface area contributed by atoms with Crippen molar-refractivity contribution in [3.05, 3.63) is 66.7 Å². The van der Waals surface area contributed by atoms with Crippen LogP contribution >= 0.6 is 0 Å². The Hall–Kier alpha value is -3.19. The molecule has 3 aromatic rings. The van der Waals surface area contributed by atoms with Crippen LogP contribution in [0.3, 0.4) is 0 Å². The van der Waals surface area contributed by atoms with Gasteiger partial charge in [0, 0.05) is 18.0 Å². The molecule has 3 rings (SSSR count). The van der Waals surface area contributed by atoms with Gasteiger partial charge in [0.15, 0.2) is 0 Å². The van der Waals surface area contributed by atoms with Gasteiger partial charge in [0.2, 0.25) is 5.82 Å².